The Kier molecular flexibility index (Phi) is 5.90. The Morgan fingerprint density at radius 3 is 2.69 bits per heavy atom. The van der Waals surface area contributed by atoms with Gasteiger partial charge in [0, 0.05) is 17.7 Å². The lowest BCUT2D eigenvalue weighted by Gasteiger charge is -2.30. The number of nitrogens with zero attached hydrogens (tertiary/aromatic N) is 4. The molecule has 0 unspecified atom stereocenters. The fourth-order valence-electron chi connectivity index (χ4n) is 3.41. The third-order valence-corrected chi connectivity index (χ3v) is 5.05. The zero-order valence-electron chi connectivity index (χ0n) is 15.9. The van der Waals surface area contributed by atoms with Gasteiger partial charge in [-0.3, -0.25) is 14.7 Å². The molecule has 0 spiro atoms. The molecular weight excluding hydrogens is 373 g/mol. The molecule has 8 heteroatoms. The van der Waals surface area contributed by atoms with E-state index >= 15 is 0 Å². The lowest BCUT2D eigenvalue weighted by Crippen LogP contribution is -2.40. The third-order valence-electron chi connectivity index (χ3n) is 5.05. The highest BCUT2D eigenvalue weighted by Gasteiger charge is 2.25. The molecule has 29 heavy (non-hydrogen) atoms. The van der Waals surface area contributed by atoms with E-state index in [9.17, 15) is 9.18 Å². The van der Waals surface area contributed by atoms with Crippen LogP contribution in [-0.2, 0) is 17.9 Å². The van der Waals surface area contributed by atoms with Crippen molar-refractivity contribution in [2.24, 2.45) is 5.92 Å². The van der Waals surface area contributed by atoms with Crippen LogP contribution in [0.3, 0.4) is 0 Å². The summed E-state index contributed by atoms with van der Waals surface area (Å²) < 4.78 is 18.3. The number of nitrogens with one attached hydrogen (secondary N) is 1. The van der Waals surface area contributed by atoms with E-state index < -0.39 is 0 Å². The fraction of sp³-hybridized carbons (Fsp3) is 0.333. The summed E-state index contributed by atoms with van der Waals surface area (Å²) in [5.74, 6) is 0.745. The molecule has 1 aliphatic rings. The maximum Gasteiger partial charge on any atom is 0.257 e. The van der Waals surface area contributed by atoms with Gasteiger partial charge in [-0.15, -0.1) is 0 Å². The largest absolute Gasteiger partial charge is 0.350 e. The van der Waals surface area contributed by atoms with Gasteiger partial charge in [-0.1, -0.05) is 11.2 Å². The zero-order chi connectivity index (χ0) is 20.1. The Morgan fingerprint density at radius 2 is 1.97 bits per heavy atom. The predicted molar refractivity (Wildman–Crippen MR) is 104 cm³/mol. The Hall–Kier alpha value is -3.13. The summed E-state index contributed by atoms with van der Waals surface area (Å²) in [6.45, 7) is 2.60. The highest BCUT2D eigenvalue weighted by Crippen LogP contribution is 2.21. The van der Waals surface area contributed by atoms with Crippen LogP contribution in [0.1, 0.15) is 24.4 Å². The Bertz CT molecular complexity index is 937. The van der Waals surface area contributed by atoms with Gasteiger partial charge in [-0.2, -0.15) is 4.98 Å². The van der Waals surface area contributed by atoms with Crippen molar-refractivity contribution in [3.8, 4) is 11.5 Å². The summed E-state index contributed by atoms with van der Waals surface area (Å²) in [6.07, 6.45) is 3.30. The maximum atomic E-state index is 13.0. The summed E-state index contributed by atoms with van der Waals surface area (Å²) in [7, 11) is 0. The second kappa shape index (κ2) is 8.91. The number of carbonyl (C=O) groups is 1. The van der Waals surface area contributed by atoms with E-state index in [-0.39, 0.29) is 17.6 Å². The molecule has 0 atom stereocenters. The van der Waals surface area contributed by atoms with Gasteiger partial charge in [0.05, 0.1) is 18.8 Å². The number of hydrogen-bond acceptors (Lipinski definition) is 6. The van der Waals surface area contributed by atoms with Crippen LogP contribution in [0.5, 0.6) is 0 Å². The van der Waals surface area contributed by atoms with Crippen LogP contribution < -0.4 is 5.32 Å². The first-order valence-corrected chi connectivity index (χ1v) is 9.66. The van der Waals surface area contributed by atoms with Gasteiger partial charge >= 0.3 is 0 Å². The van der Waals surface area contributed by atoms with Crippen molar-refractivity contribution in [3.05, 3.63) is 66.0 Å². The average molecular weight is 395 g/mol. The minimum Gasteiger partial charge on any atom is -0.350 e. The summed E-state index contributed by atoms with van der Waals surface area (Å²) in [5, 5.41) is 6.99. The van der Waals surface area contributed by atoms with Crippen molar-refractivity contribution < 1.29 is 13.7 Å². The minimum absolute atomic E-state index is 0.00927. The van der Waals surface area contributed by atoms with Crippen LogP contribution in [0.15, 0.2) is 53.2 Å². The van der Waals surface area contributed by atoms with Gasteiger partial charge in [0.25, 0.3) is 5.89 Å². The number of aromatic nitrogens is 3. The monoisotopic (exact) mass is 395 g/mol. The minimum atomic E-state index is -0.305. The quantitative estimate of drug-likeness (QED) is 0.691. The van der Waals surface area contributed by atoms with Gasteiger partial charge in [-0.25, -0.2) is 4.39 Å². The molecule has 4 rings (SSSR count). The number of pyridine rings is 1. The highest BCUT2D eigenvalue weighted by atomic mass is 19.1. The molecule has 1 amide bonds. The average Bonchev–Trinajstić information content (AvgIpc) is 3.22. The van der Waals surface area contributed by atoms with Crippen LogP contribution >= 0.6 is 0 Å². The Balaban J connectivity index is 1.25. The molecule has 1 fully saturated rings. The molecule has 3 aromatic rings. The molecule has 0 radical (unpaired) electrons. The predicted octanol–water partition coefficient (Wildman–Crippen LogP) is 2.80. The van der Waals surface area contributed by atoms with Crippen LogP contribution in [0.2, 0.25) is 0 Å². The number of rotatable bonds is 6. The number of piperidine rings is 1. The van der Waals surface area contributed by atoms with E-state index in [1.165, 1.54) is 12.1 Å². The topological polar surface area (TPSA) is 84.2 Å². The zero-order valence-corrected chi connectivity index (χ0v) is 15.9. The van der Waals surface area contributed by atoms with E-state index in [2.05, 4.69) is 25.3 Å². The molecule has 0 bridgehead atoms. The van der Waals surface area contributed by atoms with E-state index in [0.717, 1.165) is 31.6 Å². The molecule has 1 N–H and O–H groups in total. The lowest BCUT2D eigenvalue weighted by atomic mass is 9.96. The van der Waals surface area contributed by atoms with Crippen molar-refractivity contribution >= 4 is 5.91 Å². The third kappa shape index (κ3) is 5.03. The first-order chi connectivity index (χ1) is 14.2. The summed E-state index contributed by atoms with van der Waals surface area (Å²) >= 11 is 0. The molecule has 0 aliphatic carbocycles. The summed E-state index contributed by atoms with van der Waals surface area (Å²) in [5.41, 5.74) is 1.54. The number of amides is 1. The number of halogens is 1. The number of likely N-dealkylation sites (tertiary alicyclic amines) is 1. The van der Waals surface area contributed by atoms with E-state index in [0.29, 0.717) is 30.4 Å². The molecule has 1 saturated heterocycles. The second-order valence-electron chi connectivity index (χ2n) is 7.11. The standard InChI is InChI=1S/C21H22FN5O2/c22-17-6-4-16(5-7-17)21-25-19(26-29-21)14-27-11-8-15(9-12-27)20(28)24-13-18-3-1-2-10-23-18/h1-7,10,15H,8-9,11-14H2,(H,24,28). The van der Waals surface area contributed by atoms with Gasteiger partial charge < -0.3 is 9.84 Å². The van der Waals surface area contributed by atoms with Gasteiger partial charge in [0.1, 0.15) is 5.82 Å². The van der Waals surface area contributed by atoms with Crippen LogP contribution in [0.4, 0.5) is 4.39 Å². The molecule has 150 valence electrons. The number of carbonyl (C=O) groups excluding carboxylic acids is 1. The van der Waals surface area contributed by atoms with Crippen molar-refractivity contribution in [3.63, 3.8) is 0 Å². The molecule has 1 aliphatic heterocycles. The van der Waals surface area contributed by atoms with Crippen LogP contribution in [0.25, 0.3) is 11.5 Å². The molecule has 2 aromatic heterocycles. The summed E-state index contributed by atoms with van der Waals surface area (Å²) in [6, 6.07) is 11.6. The first-order valence-electron chi connectivity index (χ1n) is 9.66. The lowest BCUT2D eigenvalue weighted by molar-refractivity contribution is -0.126. The maximum absolute atomic E-state index is 13.0. The van der Waals surface area contributed by atoms with Crippen LogP contribution in [0, 0.1) is 11.7 Å². The highest BCUT2D eigenvalue weighted by molar-refractivity contribution is 5.78. The Morgan fingerprint density at radius 1 is 1.17 bits per heavy atom. The number of benzene rings is 1. The van der Waals surface area contributed by atoms with E-state index in [1.54, 1.807) is 18.3 Å². The molecular formula is C21H22FN5O2. The molecule has 0 saturated carbocycles. The molecule has 7 nitrogen and oxygen atoms in total. The fourth-order valence-corrected chi connectivity index (χ4v) is 3.41. The van der Waals surface area contributed by atoms with Crippen molar-refractivity contribution in [1.82, 2.24) is 25.3 Å². The van der Waals surface area contributed by atoms with Crippen molar-refractivity contribution in [1.29, 1.82) is 0 Å². The Labute approximate surface area is 168 Å². The van der Waals surface area contributed by atoms with Crippen molar-refractivity contribution in [2.45, 2.75) is 25.9 Å². The molecule has 1 aromatic carbocycles. The smallest absolute Gasteiger partial charge is 0.257 e. The van der Waals surface area contributed by atoms with Gasteiger partial charge in [-0.05, 0) is 62.3 Å². The van der Waals surface area contributed by atoms with Gasteiger partial charge in [0.2, 0.25) is 5.91 Å². The SMILES string of the molecule is O=C(NCc1ccccn1)C1CCN(Cc2noc(-c3ccc(F)cc3)n2)CC1. The van der Waals surface area contributed by atoms with E-state index in [1.807, 2.05) is 18.2 Å². The van der Waals surface area contributed by atoms with Crippen LogP contribution in [-0.4, -0.2) is 39.0 Å². The van der Waals surface area contributed by atoms with E-state index in [4.69, 9.17) is 4.52 Å². The molecule has 3 heterocycles. The number of hydrogen-bond donors (Lipinski definition) is 1. The van der Waals surface area contributed by atoms with Crippen molar-refractivity contribution in [2.75, 3.05) is 13.1 Å². The van der Waals surface area contributed by atoms with Gasteiger partial charge in [0.15, 0.2) is 5.82 Å². The first kappa shape index (κ1) is 19.2. The normalized spacial score (nSPS) is 15.3. The second-order valence-corrected chi connectivity index (χ2v) is 7.11. The summed E-state index contributed by atoms with van der Waals surface area (Å²) in [4.78, 5) is 23.2.